The van der Waals surface area contributed by atoms with Crippen LogP contribution in [0.15, 0.2) is 5.16 Å². The first-order valence-electron chi connectivity index (χ1n) is 3.83. The van der Waals surface area contributed by atoms with Crippen molar-refractivity contribution in [3.63, 3.8) is 0 Å². The van der Waals surface area contributed by atoms with Gasteiger partial charge in [-0.3, -0.25) is 0 Å². The summed E-state index contributed by atoms with van der Waals surface area (Å²) in [6, 6.07) is 0. The Morgan fingerprint density at radius 1 is 1.31 bits per heavy atom. The van der Waals surface area contributed by atoms with Crippen LogP contribution in [0.5, 0.6) is 11.8 Å². The maximum atomic E-state index is 9.13. The van der Waals surface area contributed by atoms with Crippen molar-refractivity contribution in [2.24, 2.45) is 0 Å². The summed E-state index contributed by atoms with van der Waals surface area (Å²) < 4.78 is 0. The first-order valence-corrected chi connectivity index (χ1v) is 4.82. The Hall–Kier alpha value is -1.17. The van der Waals surface area contributed by atoms with Gasteiger partial charge in [0, 0.05) is 5.75 Å². The molecule has 0 unspecified atom stereocenters. The molecule has 0 amide bonds. The molecule has 0 aliphatic rings. The summed E-state index contributed by atoms with van der Waals surface area (Å²) in [5.74, 6) is 0.0974. The summed E-state index contributed by atoms with van der Waals surface area (Å²) in [6.45, 7) is 2.02. The van der Waals surface area contributed by atoms with Gasteiger partial charge < -0.3 is 15.9 Å². The van der Waals surface area contributed by atoms with E-state index >= 15 is 0 Å². The molecule has 0 atom stereocenters. The van der Waals surface area contributed by atoms with Gasteiger partial charge in [-0.05, 0) is 6.42 Å². The van der Waals surface area contributed by atoms with E-state index in [2.05, 4.69) is 9.97 Å². The maximum Gasteiger partial charge on any atom is 0.242 e. The van der Waals surface area contributed by atoms with E-state index < -0.39 is 0 Å². The van der Waals surface area contributed by atoms with Gasteiger partial charge >= 0.3 is 0 Å². The predicted octanol–water partition coefficient (Wildman–Crippen LogP) is 0.972. The standard InChI is InChI=1S/C7H11N3O2S/c1-2-3-13-7-9-5(11)4(8)6(12)10-7/h2-3,8H2,1H3,(H2,9,10,11,12). The fourth-order valence-corrected chi connectivity index (χ4v) is 1.37. The third kappa shape index (κ3) is 2.38. The number of rotatable bonds is 3. The molecule has 72 valence electrons. The van der Waals surface area contributed by atoms with E-state index in [0.29, 0.717) is 5.16 Å². The van der Waals surface area contributed by atoms with Crippen molar-refractivity contribution >= 4 is 17.4 Å². The molecule has 13 heavy (non-hydrogen) atoms. The molecule has 1 aromatic rings. The zero-order valence-corrected chi connectivity index (χ0v) is 8.01. The molecular formula is C7H11N3O2S. The highest BCUT2D eigenvalue weighted by Gasteiger charge is 2.09. The van der Waals surface area contributed by atoms with Crippen LogP contribution in [0.4, 0.5) is 5.69 Å². The number of aromatic nitrogens is 2. The summed E-state index contributed by atoms with van der Waals surface area (Å²) in [7, 11) is 0. The van der Waals surface area contributed by atoms with Crippen LogP contribution < -0.4 is 5.73 Å². The van der Waals surface area contributed by atoms with E-state index in [4.69, 9.17) is 15.9 Å². The van der Waals surface area contributed by atoms with Gasteiger partial charge in [-0.15, -0.1) is 0 Å². The summed E-state index contributed by atoms with van der Waals surface area (Å²) in [5.41, 5.74) is 5.07. The van der Waals surface area contributed by atoms with Gasteiger partial charge in [-0.1, -0.05) is 18.7 Å². The Morgan fingerprint density at radius 2 is 1.85 bits per heavy atom. The van der Waals surface area contributed by atoms with E-state index in [1.54, 1.807) is 0 Å². The molecule has 1 heterocycles. The van der Waals surface area contributed by atoms with Crippen molar-refractivity contribution in [3.8, 4) is 11.8 Å². The van der Waals surface area contributed by atoms with Gasteiger partial charge in [-0.2, -0.15) is 9.97 Å². The molecule has 0 aromatic carbocycles. The van der Waals surface area contributed by atoms with Crippen LogP contribution in [0, 0.1) is 0 Å². The lowest BCUT2D eigenvalue weighted by Crippen LogP contribution is -1.94. The number of anilines is 1. The SMILES string of the molecule is CCCSc1nc(O)c(N)c(O)n1. The second-order valence-electron chi connectivity index (χ2n) is 2.42. The van der Waals surface area contributed by atoms with Crippen molar-refractivity contribution in [1.82, 2.24) is 9.97 Å². The van der Waals surface area contributed by atoms with Crippen molar-refractivity contribution < 1.29 is 10.2 Å². The molecule has 4 N–H and O–H groups in total. The molecule has 6 heteroatoms. The molecule has 0 fully saturated rings. The average molecular weight is 201 g/mol. The lowest BCUT2D eigenvalue weighted by molar-refractivity contribution is 0.416. The number of aromatic hydroxyl groups is 2. The summed E-state index contributed by atoms with van der Waals surface area (Å²) in [5, 5.41) is 18.6. The highest BCUT2D eigenvalue weighted by Crippen LogP contribution is 2.28. The fraction of sp³-hybridized carbons (Fsp3) is 0.429. The zero-order valence-electron chi connectivity index (χ0n) is 7.19. The van der Waals surface area contributed by atoms with E-state index in [-0.39, 0.29) is 17.4 Å². The third-order valence-electron chi connectivity index (χ3n) is 1.32. The first kappa shape index (κ1) is 9.91. The van der Waals surface area contributed by atoms with Gasteiger partial charge in [0.25, 0.3) is 0 Å². The lowest BCUT2D eigenvalue weighted by atomic mass is 10.5. The topological polar surface area (TPSA) is 92.3 Å². The van der Waals surface area contributed by atoms with Crippen molar-refractivity contribution in [1.29, 1.82) is 0 Å². The van der Waals surface area contributed by atoms with Crippen LogP contribution in [-0.4, -0.2) is 25.9 Å². The van der Waals surface area contributed by atoms with Crippen LogP contribution in [0.1, 0.15) is 13.3 Å². The summed E-state index contributed by atoms with van der Waals surface area (Å²) >= 11 is 1.36. The average Bonchev–Trinajstić information content (AvgIpc) is 2.10. The van der Waals surface area contributed by atoms with E-state index in [0.717, 1.165) is 12.2 Å². The molecule has 0 saturated heterocycles. The normalized spacial score (nSPS) is 10.2. The van der Waals surface area contributed by atoms with Gasteiger partial charge in [0.1, 0.15) is 0 Å². The Morgan fingerprint density at radius 3 is 2.31 bits per heavy atom. The number of hydrogen-bond acceptors (Lipinski definition) is 6. The second kappa shape index (κ2) is 4.18. The van der Waals surface area contributed by atoms with Crippen molar-refractivity contribution in [2.45, 2.75) is 18.5 Å². The Labute approximate surface area is 80.0 Å². The minimum atomic E-state index is -0.369. The molecule has 0 spiro atoms. The molecule has 0 radical (unpaired) electrons. The number of nitrogens with zero attached hydrogens (tertiary/aromatic N) is 2. The molecule has 1 rings (SSSR count). The number of nitrogens with two attached hydrogens (primary N) is 1. The van der Waals surface area contributed by atoms with Gasteiger partial charge in [-0.25, -0.2) is 0 Å². The van der Waals surface area contributed by atoms with Crippen LogP contribution in [0.25, 0.3) is 0 Å². The van der Waals surface area contributed by atoms with Crippen LogP contribution in [0.3, 0.4) is 0 Å². The quantitative estimate of drug-likeness (QED) is 0.498. The molecule has 5 nitrogen and oxygen atoms in total. The van der Waals surface area contributed by atoms with Gasteiger partial charge in [0.15, 0.2) is 10.8 Å². The highest BCUT2D eigenvalue weighted by atomic mass is 32.2. The maximum absolute atomic E-state index is 9.13. The van der Waals surface area contributed by atoms with E-state index in [1.165, 1.54) is 11.8 Å². The minimum absolute atomic E-state index is 0.180. The van der Waals surface area contributed by atoms with E-state index in [9.17, 15) is 0 Å². The lowest BCUT2D eigenvalue weighted by Gasteiger charge is -2.02. The zero-order chi connectivity index (χ0) is 9.84. The monoisotopic (exact) mass is 201 g/mol. The Kier molecular flexibility index (Phi) is 3.18. The molecule has 1 aromatic heterocycles. The van der Waals surface area contributed by atoms with Crippen LogP contribution in [-0.2, 0) is 0 Å². The molecule has 0 saturated carbocycles. The number of nitrogen functional groups attached to an aromatic ring is 1. The first-order chi connectivity index (χ1) is 6.15. The van der Waals surface area contributed by atoms with Crippen molar-refractivity contribution in [3.05, 3.63) is 0 Å². The smallest absolute Gasteiger partial charge is 0.242 e. The Bertz CT molecular complexity index is 283. The van der Waals surface area contributed by atoms with Crippen LogP contribution >= 0.6 is 11.8 Å². The van der Waals surface area contributed by atoms with Crippen LogP contribution in [0.2, 0.25) is 0 Å². The minimum Gasteiger partial charge on any atom is -0.492 e. The van der Waals surface area contributed by atoms with Crippen molar-refractivity contribution in [2.75, 3.05) is 11.5 Å². The summed E-state index contributed by atoms with van der Waals surface area (Å²) in [6.07, 6.45) is 0.972. The molecular weight excluding hydrogens is 190 g/mol. The molecule has 0 aliphatic carbocycles. The molecule has 0 bridgehead atoms. The molecule has 0 aliphatic heterocycles. The predicted molar refractivity (Wildman–Crippen MR) is 50.8 cm³/mol. The second-order valence-corrected chi connectivity index (χ2v) is 3.48. The van der Waals surface area contributed by atoms with Gasteiger partial charge in [0.05, 0.1) is 0 Å². The third-order valence-corrected chi connectivity index (χ3v) is 2.37. The number of thioether (sulfide) groups is 1. The summed E-state index contributed by atoms with van der Waals surface area (Å²) in [4.78, 5) is 7.39. The van der Waals surface area contributed by atoms with E-state index in [1.807, 2.05) is 6.92 Å². The number of hydrogen-bond donors (Lipinski definition) is 3. The highest BCUT2D eigenvalue weighted by molar-refractivity contribution is 7.99. The largest absolute Gasteiger partial charge is 0.492 e. The Balaban J connectivity index is 2.86. The fourth-order valence-electron chi connectivity index (χ4n) is 0.685. The van der Waals surface area contributed by atoms with Gasteiger partial charge in [0.2, 0.25) is 11.8 Å².